The highest BCUT2D eigenvalue weighted by Crippen LogP contribution is 2.47. The minimum Gasteiger partial charge on any atom is -0.458 e. The van der Waals surface area contributed by atoms with Crippen molar-refractivity contribution in [2.75, 3.05) is 10.7 Å². The summed E-state index contributed by atoms with van der Waals surface area (Å²) in [4.78, 5) is 28.6. The number of aromatic nitrogens is 1. The molecule has 2 bridgehead atoms. The number of piperidine rings is 1. The first-order valence-electron chi connectivity index (χ1n) is 15.2. The fourth-order valence-corrected chi connectivity index (χ4v) is 8.12. The van der Waals surface area contributed by atoms with Crippen LogP contribution in [-0.2, 0) is 14.8 Å². The molecule has 2 aliphatic heterocycles. The Hall–Kier alpha value is -3.08. The van der Waals surface area contributed by atoms with E-state index < -0.39 is 21.9 Å². The second-order valence-electron chi connectivity index (χ2n) is 11.9. The summed E-state index contributed by atoms with van der Waals surface area (Å²) >= 11 is 12.9. The van der Waals surface area contributed by atoms with Crippen molar-refractivity contribution in [2.45, 2.75) is 88.8 Å². The predicted molar refractivity (Wildman–Crippen MR) is 169 cm³/mol. The number of hydrogen-bond acceptors (Lipinski definition) is 8. The molecular formula is C32H35Cl2N3O6S. The largest absolute Gasteiger partial charge is 0.458 e. The summed E-state index contributed by atoms with van der Waals surface area (Å²) in [6, 6.07) is 12.5. The van der Waals surface area contributed by atoms with Gasteiger partial charge in [-0.25, -0.2) is 17.9 Å². The van der Waals surface area contributed by atoms with Crippen LogP contribution in [0.15, 0.2) is 47.0 Å². The zero-order valence-corrected chi connectivity index (χ0v) is 26.8. The molecule has 9 nitrogen and oxygen atoms in total. The van der Waals surface area contributed by atoms with E-state index in [-0.39, 0.29) is 29.9 Å². The van der Waals surface area contributed by atoms with Gasteiger partial charge in [-0.2, -0.15) is 0 Å². The molecule has 1 saturated carbocycles. The van der Waals surface area contributed by atoms with Crippen LogP contribution >= 0.6 is 23.2 Å². The third-order valence-electron chi connectivity index (χ3n) is 8.73. The number of esters is 1. The van der Waals surface area contributed by atoms with Gasteiger partial charge in [0.2, 0.25) is 10.0 Å². The lowest BCUT2D eigenvalue weighted by Crippen LogP contribution is -2.46. The van der Waals surface area contributed by atoms with Crippen molar-refractivity contribution >= 4 is 50.8 Å². The number of rotatable bonds is 11. The number of benzene rings is 2. The summed E-state index contributed by atoms with van der Waals surface area (Å²) in [6.07, 6.45) is 7.00. The van der Waals surface area contributed by atoms with Crippen LogP contribution in [0.3, 0.4) is 0 Å². The molecule has 3 aliphatic rings. The van der Waals surface area contributed by atoms with E-state index in [2.05, 4.69) is 14.8 Å². The van der Waals surface area contributed by atoms with E-state index in [9.17, 15) is 18.0 Å². The summed E-state index contributed by atoms with van der Waals surface area (Å²) in [7, 11) is -3.67. The Morgan fingerprint density at radius 1 is 1.00 bits per heavy atom. The molecule has 44 heavy (non-hydrogen) atoms. The number of unbranched alkanes of at least 4 members (excludes halogenated alkanes) is 2. The SMILES string of the molecule is CCCCCS(=O)(=O)NC(=O)c1ccc(N2[C@@H]3CC[C@H]2C[C@H](OC(=O)c2c(-c4c(Cl)cccc4Cl)noc2C2CC2)C3)cc1. The molecule has 1 amide bonds. The zero-order chi connectivity index (χ0) is 31.0. The summed E-state index contributed by atoms with van der Waals surface area (Å²) < 4.78 is 38.5. The highest BCUT2D eigenvalue weighted by molar-refractivity contribution is 7.90. The van der Waals surface area contributed by atoms with Crippen molar-refractivity contribution in [1.29, 1.82) is 0 Å². The van der Waals surface area contributed by atoms with Gasteiger partial charge in [-0.05, 0) is 68.5 Å². The van der Waals surface area contributed by atoms with Gasteiger partial charge >= 0.3 is 5.97 Å². The third kappa shape index (κ3) is 6.48. The molecule has 0 unspecified atom stereocenters. The van der Waals surface area contributed by atoms with Crippen molar-refractivity contribution in [3.63, 3.8) is 0 Å². The standard InChI is InChI=1S/C32H35Cl2N3O6S/c1-2-3-4-16-44(40,41)36-31(38)20-10-12-21(13-11-20)37-22-14-15-23(37)18-24(17-22)42-32(39)28-29(35-43-30(28)19-8-9-19)27-25(33)6-5-7-26(27)34/h5-7,10-13,19,22-24H,2-4,8-9,14-18H2,1H3,(H,36,38)/t22-,23+,24-. The van der Waals surface area contributed by atoms with Crippen molar-refractivity contribution in [3.05, 3.63) is 69.4 Å². The minimum atomic E-state index is -3.67. The quantitative estimate of drug-likeness (QED) is 0.171. The molecule has 2 saturated heterocycles. The molecule has 3 fully saturated rings. The van der Waals surface area contributed by atoms with Crippen molar-refractivity contribution in [3.8, 4) is 11.3 Å². The monoisotopic (exact) mass is 659 g/mol. The molecule has 1 N–H and O–H groups in total. The average Bonchev–Trinajstić information content (AvgIpc) is 3.68. The summed E-state index contributed by atoms with van der Waals surface area (Å²) in [5, 5.41) is 4.98. The van der Waals surface area contributed by atoms with E-state index in [1.807, 2.05) is 19.1 Å². The minimum absolute atomic E-state index is 0.0679. The van der Waals surface area contributed by atoms with E-state index in [4.69, 9.17) is 32.5 Å². The fourth-order valence-electron chi connectivity index (χ4n) is 6.45. The van der Waals surface area contributed by atoms with E-state index in [0.29, 0.717) is 57.5 Å². The number of carbonyl (C=O) groups excluding carboxylic acids is 2. The van der Waals surface area contributed by atoms with Gasteiger partial charge in [0.1, 0.15) is 17.4 Å². The molecular weight excluding hydrogens is 625 g/mol. The second-order valence-corrected chi connectivity index (χ2v) is 14.6. The number of nitrogens with zero attached hydrogens (tertiary/aromatic N) is 2. The molecule has 3 atom stereocenters. The molecule has 0 spiro atoms. The number of hydrogen-bond donors (Lipinski definition) is 1. The van der Waals surface area contributed by atoms with Gasteiger partial charge in [0.25, 0.3) is 5.91 Å². The number of sulfonamides is 1. The highest BCUT2D eigenvalue weighted by Gasteiger charge is 2.44. The molecule has 1 aromatic heterocycles. The third-order valence-corrected chi connectivity index (χ3v) is 10.7. The van der Waals surface area contributed by atoms with E-state index >= 15 is 0 Å². The summed E-state index contributed by atoms with van der Waals surface area (Å²) in [5.41, 5.74) is 2.32. The Morgan fingerprint density at radius 2 is 1.66 bits per heavy atom. The highest BCUT2D eigenvalue weighted by atomic mass is 35.5. The lowest BCUT2D eigenvalue weighted by molar-refractivity contribution is 0.0202. The van der Waals surface area contributed by atoms with Gasteiger partial charge in [-0.15, -0.1) is 0 Å². The van der Waals surface area contributed by atoms with Crippen molar-refractivity contribution in [1.82, 2.24) is 9.88 Å². The van der Waals surface area contributed by atoms with Gasteiger partial charge in [0.15, 0.2) is 5.76 Å². The fraction of sp³-hybridized carbons (Fsp3) is 0.469. The van der Waals surface area contributed by atoms with E-state index in [1.54, 1.807) is 30.3 Å². The molecule has 12 heteroatoms. The first-order chi connectivity index (χ1) is 21.1. The maximum absolute atomic E-state index is 13.7. The van der Waals surface area contributed by atoms with Gasteiger partial charge in [0.05, 0.1) is 15.8 Å². The normalized spacial score (nSPS) is 21.3. The number of carbonyl (C=O) groups is 2. The smallest absolute Gasteiger partial charge is 0.344 e. The van der Waals surface area contributed by atoms with Gasteiger partial charge in [-0.1, -0.05) is 54.2 Å². The first kappa shape index (κ1) is 30.9. The molecule has 6 rings (SSSR count). The number of nitrogens with one attached hydrogen (secondary N) is 1. The molecule has 3 aromatic rings. The molecule has 234 valence electrons. The second kappa shape index (κ2) is 12.7. The molecule has 3 heterocycles. The number of fused-ring (bicyclic) bond motifs is 2. The maximum Gasteiger partial charge on any atom is 0.344 e. The zero-order valence-electron chi connectivity index (χ0n) is 24.4. The topological polar surface area (TPSA) is 119 Å². The molecule has 2 aromatic carbocycles. The number of ether oxygens (including phenoxy) is 1. The lowest BCUT2D eigenvalue weighted by Gasteiger charge is -2.40. The molecule has 1 aliphatic carbocycles. The Labute approximate surface area is 267 Å². The van der Waals surface area contributed by atoms with Gasteiger partial charge < -0.3 is 14.2 Å². The Kier molecular flexibility index (Phi) is 8.95. The Morgan fingerprint density at radius 3 is 2.27 bits per heavy atom. The van der Waals surface area contributed by atoms with Gasteiger partial charge in [-0.3, -0.25) is 4.79 Å². The van der Waals surface area contributed by atoms with Crippen LogP contribution in [0, 0.1) is 0 Å². The Balaban J connectivity index is 1.13. The van der Waals surface area contributed by atoms with Crippen LogP contribution in [0.5, 0.6) is 0 Å². The molecule has 0 radical (unpaired) electrons. The first-order valence-corrected chi connectivity index (χ1v) is 17.6. The van der Waals surface area contributed by atoms with E-state index in [0.717, 1.165) is 44.2 Å². The maximum atomic E-state index is 13.7. The predicted octanol–water partition coefficient (Wildman–Crippen LogP) is 7.13. The van der Waals surface area contributed by atoms with Crippen LogP contribution in [-0.4, -0.2) is 49.4 Å². The van der Waals surface area contributed by atoms with Crippen molar-refractivity contribution < 1.29 is 27.3 Å². The summed E-state index contributed by atoms with van der Waals surface area (Å²) in [5.74, 6) is -0.513. The van der Waals surface area contributed by atoms with Gasteiger partial charge in [0, 0.05) is 47.7 Å². The van der Waals surface area contributed by atoms with Crippen LogP contribution in [0.1, 0.15) is 97.1 Å². The number of amides is 1. The van der Waals surface area contributed by atoms with Crippen LogP contribution in [0.4, 0.5) is 5.69 Å². The van der Waals surface area contributed by atoms with E-state index in [1.165, 1.54) is 0 Å². The number of anilines is 1. The van der Waals surface area contributed by atoms with Crippen LogP contribution in [0.2, 0.25) is 10.0 Å². The lowest BCUT2D eigenvalue weighted by atomic mass is 9.98. The number of halogens is 2. The average molecular weight is 661 g/mol. The van der Waals surface area contributed by atoms with Crippen LogP contribution < -0.4 is 9.62 Å². The Bertz CT molecular complexity index is 1620. The summed E-state index contributed by atoms with van der Waals surface area (Å²) in [6.45, 7) is 1.99. The van der Waals surface area contributed by atoms with Crippen molar-refractivity contribution in [2.24, 2.45) is 0 Å². The van der Waals surface area contributed by atoms with Crippen LogP contribution in [0.25, 0.3) is 11.3 Å².